The summed E-state index contributed by atoms with van der Waals surface area (Å²) in [6, 6.07) is 4.26. The number of urea groups is 1. The lowest BCUT2D eigenvalue weighted by molar-refractivity contribution is 0.0698. The zero-order valence-corrected chi connectivity index (χ0v) is 14.2. The molecule has 6 nitrogen and oxygen atoms in total. The summed E-state index contributed by atoms with van der Waals surface area (Å²) in [4.78, 5) is 28.3. The van der Waals surface area contributed by atoms with Gasteiger partial charge < -0.3 is 10.4 Å². The predicted octanol–water partition coefficient (Wildman–Crippen LogP) is 3.71. The number of nitrogens with zero attached hydrogens (tertiary/aromatic N) is 1. The third-order valence-corrected chi connectivity index (χ3v) is 4.37. The Kier molecular flexibility index (Phi) is 4.78. The standard InChI is InChI=1S/C13H12IN3O3S/c1-6-7(2)21-13(15-6)17-12(20)16-10-4-3-8(14)5-9(10)11(18)19/h3-5H,1-2H3,(H,18,19)(H2,15,16,17,20). The molecule has 2 amide bonds. The molecular weight excluding hydrogens is 405 g/mol. The van der Waals surface area contributed by atoms with E-state index in [9.17, 15) is 9.59 Å². The van der Waals surface area contributed by atoms with E-state index in [4.69, 9.17) is 5.11 Å². The molecular formula is C13H12IN3O3S. The van der Waals surface area contributed by atoms with Gasteiger partial charge in [0.05, 0.1) is 16.9 Å². The number of halogens is 1. The van der Waals surface area contributed by atoms with Crippen molar-refractivity contribution < 1.29 is 14.7 Å². The molecule has 0 radical (unpaired) electrons. The molecule has 1 aromatic heterocycles. The van der Waals surface area contributed by atoms with Crippen LogP contribution in [0.4, 0.5) is 15.6 Å². The van der Waals surface area contributed by atoms with Gasteiger partial charge in [-0.25, -0.2) is 14.6 Å². The maximum Gasteiger partial charge on any atom is 0.337 e. The van der Waals surface area contributed by atoms with Crippen LogP contribution in [0.3, 0.4) is 0 Å². The highest BCUT2D eigenvalue weighted by atomic mass is 127. The Hall–Kier alpha value is -1.68. The van der Waals surface area contributed by atoms with Crippen LogP contribution in [-0.2, 0) is 0 Å². The van der Waals surface area contributed by atoms with E-state index < -0.39 is 12.0 Å². The number of thiazole rings is 1. The summed E-state index contributed by atoms with van der Waals surface area (Å²) in [5, 5.41) is 14.7. The van der Waals surface area contributed by atoms with Crippen molar-refractivity contribution in [2.75, 3.05) is 10.6 Å². The minimum absolute atomic E-state index is 0.0450. The second-order valence-electron chi connectivity index (χ2n) is 4.23. The van der Waals surface area contributed by atoms with Crippen molar-refractivity contribution >= 4 is 56.7 Å². The molecule has 0 bridgehead atoms. The van der Waals surface area contributed by atoms with Crippen molar-refractivity contribution in [2.24, 2.45) is 0 Å². The number of hydrogen-bond acceptors (Lipinski definition) is 4. The van der Waals surface area contributed by atoms with Crippen molar-refractivity contribution in [1.82, 2.24) is 4.98 Å². The smallest absolute Gasteiger partial charge is 0.337 e. The molecule has 0 atom stereocenters. The van der Waals surface area contributed by atoms with Gasteiger partial charge in [0, 0.05) is 8.45 Å². The largest absolute Gasteiger partial charge is 0.478 e. The van der Waals surface area contributed by atoms with Crippen LogP contribution in [-0.4, -0.2) is 22.1 Å². The average molecular weight is 417 g/mol. The molecule has 1 aromatic carbocycles. The Morgan fingerprint density at radius 2 is 2.00 bits per heavy atom. The predicted molar refractivity (Wildman–Crippen MR) is 90.3 cm³/mol. The lowest BCUT2D eigenvalue weighted by atomic mass is 10.2. The van der Waals surface area contributed by atoms with Crippen LogP contribution in [0, 0.1) is 17.4 Å². The highest BCUT2D eigenvalue weighted by Gasteiger charge is 2.14. The first-order chi connectivity index (χ1) is 9.86. The molecule has 0 unspecified atom stereocenters. The van der Waals surface area contributed by atoms with Crippen molar-refractivity contribution in [1.29, 1.82) is 0 Å². The minimum Gasteiger partial charge on any atom is -0.478 e. The highest BCUT2D eigenvalue weighted by Crippen LogP contribution is 2.22. The van der Waals surface area contributed by atoms with Crippen LogP contribution in [0.15, 0.2) is 18.2 Å². The van der Waals surface area contributed by atoms with Gasteiger partial charge in [-0.05, 0) is 54.6 Å². The number of aromatic nitrogens is 1. The number of amides is 2. The molecule has 21 heavy (non-hydrogen) atoms. The fraction of sp³-hybridized carbons (Fsp3) is 0.154. The molecule has 0 saturated heterocycles. The molecule has 1 heterocycles. The van der Waals surface area contributed by atoms with Crippen LogP contribution in [0.1, 0.15) is 20.9 Å². The van der Waals surface area contributed by atoms with Crippen LogP contribution < -0.4 is 10.6 Å². The zero-order chi connectivity index (χ0) is 15.6. The van der Waals surface area contributed by atoms with Gasteiger partial charge in [0.1, 0.15) is 0 Å². The SMILES string of the molecule is Cc1nc(NC(=O)Nc2ccc(I)cc2C(=O)O)sc1C. The summed E-state index contributed by atoms with van der Waals surface area (Å²) >= 11 is 3.38. The van der Waals surface area contributed by atoms with Gasteiger partial charge in [-0.15, -0.1) is 11.3 Å². The lowest BCUT2D eigenvalue weighted by Gasteiger charge is -2.09. The third-order valence-electron chi connectivity index (χ3n) is 2.71. The van der Waals surface area contributed by atoms with E-state index in [0.717, 1.165) is 14.1 Å². The lowest BCUT2D eigenvalue weighted by Crippen LogP contribution is -2.21. The maximum atomic E-state index is 11.9. The van der Waals surface area contributed by atoms with Crippen LogP contribution in [0.25, 0.3) is 0 Å². The van der Waals surface area contributed by atoms with Crippen molar-refractivity contribution in [3.05, 3.63) is 37.9 Å². The first-order valence-electron chi connectivity index (χ1n) is 5.91. The molecule has 0 aliphatic carbocycles. The van der Waals surface area contributed by atoms with Gasteiger partial charge in [-0.2, -0.15) is 0 Å². The summed E-state index contributed by atoms with van der Waals surface area (Å²) < 4.78 is 0.780. The topological polar surface area (TPSA) is 91.3 Å². The second kappa shape index (κ2) is 6.39. The fourth-order valence-corrected chi connectivity index (χ4v) is 2.88. The normalized spacial score (nSPS) is 10.2. The van der Waals surface area contributed by atoms with Crippen LogP contribution in [0.5, 0.6) is 0 Å². The van der Waals surface area contributed by atoms with Gasteiger partial charge in [-0.1, -0.05) is 0 Å². The average Bonchev–Trinajstić information content (AvgIpc) is 2.70. The molecule has 0 spiro atoms. The number of nitrogens with one attached hydrogen (secondary N) is 2. The molecule has 0 aliphatic rings. The van der Waals surface area contributed by atoms with E-state index in [1.807, 2.05) is 36.4 Å². The van der Waals surface area contributed by atoms with Crippen LogP contribution >= 0.6 is 33.9 Å². The molecule has 110 valence electrons. The van der Waals surface area contributed by atoms with E-state index >= 15 is 0 Å². The summed E-state index contributed by atoms with van der Waals surface area (Å²) in [6.07, 6.45) is 0. The second-order valence-corrected chi connectivity index (χ2v) is 6.68. The number of carboxylic acids is 1. The molecule has 0 saturated carbocycles. The Labute approximate surface area is 138 Å². The molecule has 2 rings (SSSR count). The third kappa shape index (κ3) is 3.91. The van der Waals surface area contributed by atoms with Gasteiger partial charge >= 0.3 is 12.0 Å². The van der Waals surface area contributed by atoms with E-state index in [1.165, 1.54) is 17.4 Å². The number of rotatable bonds is 3. The summed E-state index contributed by atoms with van der Waals surface area (Å²) in [5.74, 6) is -1.09. The number of carboxylic acid groups (broad SMARTS) is 1. The Balaban J connectivity index is 2.14. The van der Waals surface area contributed by atoms with Crippen molar-refractivity contribution in [3.8, 4) is 0 Å². The number of benzene rings is 1. The first kappa shape index (κ1) is 15.7. The molecule has 8 heteroatoms. The number of carbonyl (C=O) groups excluding carboxylic acids is 1. The van der Waals surface area contributed by atoms with Crippen molar-refractivity contribution in [2.45, 2.75) is 13.8 Å². The van der Waals surface area contributed by atoms with Gasteiger partial charge in [0.15, 0.2) is 5.13 Å². The summed E-state index contributed by atoms with van der Waals surface area (Å²) in [5.41, 5.74) is 1.14. The first-order valence-corrected chi connectivity index (χ1v) is 7.81. The molecule has 3 N–H and O–H groups in total. The summed E-state index contributed by atoms with van der Waals surface area (Å²) in [7, 11) is 0. The van der Waals surface area contributed by atoms with Crippen LogP contribution in [0.2, 0.25) is 0 Å². The monoisotopic (exact) mass is 417 g/mol. The number of aromatic carboxylic acids is 1. The number of hydrogen-bond donors (Lipinski definition) is 3. The Morgan fingerprint density at radius 3 is 2.57 bits per heavy atom. The quantitative estimate of drug-likeness (QED) is 0.665. The maximum absolute atomic E-state index is 11.9. The molecule has 2 aromatic rings. The molecule has 0 aliphatic heterocycles. The fourth-order valence-electron chi connectivity index (χ4n) is 1.58. The van der Waals surface area contributed by atoms with Gasteiger partial charge in [-0.3, -0.25) is 5.32 Å². The number of aryl methyl sites for hydroxylation is 2. The van der Waals surface area contributed by atoms with E-state index in [0.29, 0.717) is 5.13 Å². The molecule has 0 fully saturated rings. The zero-order valence-electron chi connectivity index (χ0n) is 11.2. The Morgan fingerprint density at radius 1 is 1.29 bits per heavy atom. The van der Waals surface area contributed by atoms with Gasteiger partial charge in [0.2, 0.25) is 0 Å². The number of anilines is 2. The van der Waals surface area contributed by atoms with Crippen molar-refractivity contribution in [3.63, 3.8) is 0 Å². The minimum atomic E-state index is -1.09. The van der Waals surface area contributed by atoms with E-state index in [-0.39, 0.29) is 11.3 Å². The summed E-state index contributed by atoms with van der Waals surface area (Å²) in [6.45, 7) is 3.77. The Bertz CT molecular complexity index is 695. The number of carbonyl (C=O) groups is 2. The van der Waals surface area contributed by atoms with E-state index in [2.05, 4.69) is 15.6 Å². The highest BCUT2D eigenvalue weighted by molar-refractivity contribution is 14.1. The van der Waals surface area contributed by atoms with Gasteiger partial charge in [0.25, 0.3) is 0 Å². The van der Waals surface area contributed by atoms with E-state index in [1.54, 1.807) is 12.1 Å².